The first-order valence-corrected chi connectivity index (χ1v) is 5.88. The van der Waals surface area contributed by atoms with Gasteiger partial charge in [0.05, 0.1) is 5.56 Å². The Morgan fingerprint density at radius 2 is 2.21 bits per heavy atom. The lowest BCUT2D eigenvalue weighted by molar-refractivity contribution is 0.292. The van der Waals surface area contributed by atoms with Crippen LogP contribution in [0.2, 0.25) is 5.02 Å². The maximum absolute atomic E-state index is 8.70. The van der Waals surface area contributed by atoms with Crippen molar-refractivity contribution in [2.75, 3.05) is 0 Å². The number of hydrogen-bond acceptors (Lipinski definition) is 4. The molecule has 1 aromatic heterocycles. The third kappa shape index (κ3) is 3.35. The van der Waals surface area contributed by atoms with Gasteiger partial charge < -0.3 is 15.7 Å². The second kappa shape index (κ2) is 6.06. The summed E-state index contributed by atoms with van der Waals surface area (Å²) in [5.74, 6) is 0.256. The zero-order valence-electron chi connectivity index (χ0n) is 9.95. The Hall–Kier alpha value is -2.27. The Balaban J connectivity index is 2.16. The monoisotopic (exact) mass is 277 g/mol. The minimum Gasteiger partial charge on any atom is -0.472 e. The summed E-state index contributed by atoms with van der Waals surface area (Å²) < 4.78 is 5.56. The van der Waals surface area contributed by atoms with Crippen LogP contribution in [0.4, 0.5) is 0 Å². The van der Waals surface area contributed by atoms with E-state index < -0.39 is 0 Å². The first kappa shape index (κ1) is 13.2. The second-order valence-electron chi connectivity index (χ2n) is 3.76. The molecule has 0 aliphatic heterocycles. The molecule has 2 aromatic rings. The highest BCUT2D eigenvalue weighted by Gasteiger charge is 2.09. The van der Waals surface area contributed by atoms with Crippen LogP contribution in [0, 0.1) is 0 Å². The minimum absolute atomic E-state index is 0.0470. The van der Waals surface area contributed by atoms with E-state index in [1.807, 2.05) is 12.1 Å². The summed E-state index contributed by atoms with van der Waals surface area (Å²) in [5, 5.41) is 12.3. The highest BCUT2D eigenvalue weighted by Crippen LogP contribution is 2.17. The lowest BCUT2D eigenvalue weighted by Crippen LogP contribution is -2.15. The summed E-state index contributed by atoms with van der Waals surface area (Å²) in [5.41, 5.74) is 6.89. The SMILES string of the molecule is N/C(=N/O)c1cccnc1OCc1cccc(Cl)c1. The Morgan fingerprint density at radius 1 is 1.37 bits per heavy atom. The van der Waals surface area contributed by atoms with Crippen molar-refractivity contribution in [1.29, 1.82) is 0 Å². The number of halogens is 1. The number of nitrogens with two attached hydrogens (primary N) is 1. The van der Waals surface area contributed by atoms with Gasteiger partial charge in [-0.05, 0) is 29.8 Å². The minimum atomic E-state index is -0.0470. The van der Waals surface area contributed by atoms with Crippen molar-refractivity contribution in [3.8, 4) is 5.88 Å². The molecule has 1 heterocycles. The first-order chi connectivity index (χ1) is 9.20. The number of aromatic nitrogens is 1. The van der Waals surface area contributed by atoms with Gasteiger partial charge in [-0.15, -0.1) is 0 Å². The highest BCUT2D eigenvalue weighted by atomic mass is 35.5. The van der Waals surface area contributed by atoms with Crippen LogP contribution < -0.4 is 10.5 Å². The molecule has 2 rings (SSSR count). The Kier molecular flexibility index (Phi) is 4.20. The van der Waals surface area contributed by atoms with Crippen molar-refractivity contribution in [1.82, 2.24) is 4.98 Å². The van der Waals surface area contributed by atoms with E-state index >= 15 is 0 Å². The molecule has 0 atom stereocenters. The maximum atomic E-state index is 8.70. The summed E-state index contributed by atoms with van der Waals surface area (Å²) in [6.07, 6.45) is 1.57. The molecule has 0 unspecified atom stereocenters. The highest BCUT2D eigenvalue weighted by molar-refractivity contribution is 6.30. The van der Waals surface area contributed by atoms with E-state index in [1.165, 1.54) is 0 Å². The van der Waals surface area contributed by atoms with Gasteiger partial charge in [0, 0.05) is 11.2 Å². The molecule has 0 bridgehead atoms. The van der Waals surface area contributed by atoms with Crippen LogP contribution in [0.5, 0.6) is 5.88 Å². The molecule has 5 nitrogen and oxygen atoms in total. The first-order valence-electron chi connectivity index (χ1n) is 5.51. The van der Waals surface area contributed by atoms with Crippen LogP contribution in [0.3, 0.4) is 0 Å². The molecule has 3 N–H and O–H groups in total. The van der Waals surface area contributed by atoms with E-state index in [0.29, 0.717) is 23.1 Å². The van der Waals surface area contributed by atoms with Gasteiger partial charge >= 0.3 is 0 Å². The molecule has 0 spiro atoms. The molecule has 0 amide bonds. The summed E-state index contributed by atoms with van der Waals surface area (Å²) in [7, 11) is 0. The van der Waals surface area contributed by atoms with E-state index in [0.717, 1.165) is 5.56 Å². The topological polar surface area (TPSA) is 80.7 Å². The van der Waals surface area contributed by atoms with Gasteiger partial charge in [-0.3, -0.25) is 0 Å². The van der Waals surface area contributed by atoms with Crippen molar-refractivity contribution >= 4 is 17.4 Å². The Labute approximate surface area is 115 Å². The molecule has 1 aromatic carbocycles. The number of amidine groups is 1. The molecule has 0 radical (unpaired) electrons. The van der Waals surface area contributed by atoms with E-state index in [4.69, 9.17) is 27.3 Å². The number of oxime groups is 1. The molecular formula is C13H12ClN3O2. The molecule has 0 saturated heterocycles. The fraction of sp³-hybridized carbons (Fsp3) is 0.0769. The van der Waals surface area contributed by atoms with Gasteiger partial charge in [-0.2, -0.15) is 0 Å². The van der Waals surface area contributed by atoms with Crippen molar-refractivity contribution in [2.45, 2.75) is 6.61 Å². The largest absolute Gasteiger partial charge is 0.472 e. The van der Waals surface area contributed by atoms with Gasteiger partial charge in [0.15, 0.2) is 5.84 Å². The van der Waals surface area contributed by atoms with Crippen LogP contribution in [-0.2, 0) is 6.61 Å². The lowest BCUT2D eigenvalue weighted by atomic mass is 10.2. The van der Waals surface area contributed by atoms with E-state index in [1.54, 1.807) is 30.5 Å². The number of pyridine rings is 1. The quantitative estimate of drug-likeness (QED) is 0.389. The van der Waals surface area contributed by atoms with Crippen LogP contribution in [0.25, 0.3) is 0 Å². The maximum Gasteiger partial charge on any atom is 0.224 e. The molecule has 98 valence electrons. The standard InChI is InChI=1S/C13H12ClN3O2/c14-10-4-1-3-9(7-10)8-19-13-11(12(15)17-18)5-2-6-16-13/h1-7,18H,8H2,(H2,15,17). The van der Waals surface area contributed by atoms with Crippen molar-refractivity contribution in [3.63, 3.8) is 0 Å². The summed E-state index contributed by atoms with van der Waals surface area (Å²) in [6.45, 7) is 0.295. The van der Waals surface area contributed by atoms with E-state index in [9.17, 15) is 0 Å². The van der Waals surface area contributed by atoms with Gasteiger partial charge in [0.1, 0.15) is 6.61 Å². The predicted octanol–water partition coefficient (Wildman–Crippen LogP) is 2.41. The number of benzene rings is 1. The summed E-state index contributed by atoms with van der Waals surface area (Å²) in [6, 6.07) is 10.7. The zero-order valence-corrected chi connectivity index (χ0v) is 10.7. The second-order valence-corrected chi connectivity index (χ2v) is 4.20. The van der Waals surface area contributed by atoms with Crippen LogP contribution in [0.15, 0.2) is 47.8 Å². The van der Waals surface area contributed by atoms with Gasteiger partial charge in [-0.1, -0.05) is 28.9 Å². The molecule has 0 saturated carbocycles. The van der Waals surface area contributed by atoms with Gasteiger partial charge in [0.25, 0.3) is 0 Å². The number of rotatable bonds is 4. The summed E-state index contributed by atoms with van der Waals surface area (Å²) >= 11 is 5.89. The van der Waals surface area contributed by atoms with Crippen LogP contribution in [-0.4, -0.2) is 16.0 Å². The fourth-order valence-electron chi connectivity index (χ4n) is 1.53. The fourth-order valence-corrected chi connectivity index (χ4v) is 1.75. The third-order valence-electron chi connectivity index (χ3n) is 2.42. The average molecular weight is 278 g/mol. The van der Waals surface area contributed by atoms with Crippen LogP contribution >= 0.6 is 11.6 Å². The molecular weight excluding hydrogens is 266 g/mol. The lowest BCUT2D eigenvalue weighted by Gasteiger charge is -2.09. The molecule has 0 fully saturated rings. The smallest absolute Gasteiger partial charge is 0.224 e. The van der Waals surface area contributed by atoms with E-state index in [2.05, 4.69) is 10.1 Å². The Morgan fingerprint density at radius 3 is 2.95 bits per heavy atom. The van der Waals surface area contributed by atoms with Gasteiger partial charge in [-0.25, -0.2) is 4.98 Å². The van der Waals surface area contributed by atoms with E-state index in [-0.39, 0.29) is 5.84 Å². The zero-order chi connectivity index (χ0) is 13.7. The van der Waals surface area contributed by atoms with Crippen molar-refractivity contribution in [3.05, 3.63) is 58.7 Å². The van der Waals surface area contributed by atoms with Crippen LogP contribution in [0.1, 0.15) is 11.1 Å². The third-order valence-corrected chi connectivity index (χ3v) is 2.65. The van der Waals surface area contributed by atoms with Crippen molar-refractivity contribution in [2.24, 2.45) is 10.9 Å². The van der Waals surface area contributed by atoms with Crippen molar-refractivity contribution < 1.29 is 9.94 Å². The molecule has 6 heteroatoms. The average Bonchev–Trinajstić information content (AvgIpc) is 2.45. The predicted molar refractivity (Wildman–Crippen MR) is 72.5 cm³/mol. The molecule has 0 aliphatic rings. The summed E-state index contributed by atoms with van der Waals surface area (Å²) in [4.78, 5) is 4.06. The molecule has 0 aliphatic carbocycles. The molecule has 19 heavy (non-hydrogen) atoms. The number of nitrogens with zero attached hydrogens (tertiary/aromatic N) is 2. The number of hydrogen-bond donors (Lipinski definition) is 2. The normalized spacial score (nSPS) is 11.3. The van der Waals surface area contributed by atoms with Gasteiger partial charge in [0.2, 0.25) is 5.88 Å². The number of ether oxygens (including phenoxy) is 1. The Bertz CT molecular complexity index is 602.